The van der Waals surface area contributed by atoms with Gasteiger partial charge in [-0.15, -0.1) is 10.2 Å². The van der Waals surface area contributed by atoms with Crippen molar-refractivity contribution in [1.29, 1.82) is 0 Å². The molecule has 1 atom stereocenters. The van der Waals surface area contributed by atoms with Crippen molar-refractivity contribution in [2.45, 2.75) is 12.0 Å². The van der Waals surface area contributed by atoms with Crippen LogP contribution >= 0.6 is 0 Å². The minimum absolute atomic E-state index is 0.0440. The molecule has 2 rings (SSSR count). The van der Waals surface area contributed by atoms with Gasteiger partial charge in [0.1, 0.15) is 5.60 Å². The van der Waals surface area contributed by atoms with Gasteiger partial charge in [0.05, 0.1) is 6.61 Å². The number of aromatic nitrogens is 4. The normalized spacial score (nSPS) is 25.4. The molecule has 1 aliphatic rings. The van der Waals surface area contributed by atoms with E-state index in [1.807, 2.05) is 0 Å². The molecular formula is C7H11N5O3. The largest absolute Gasteiger partial charge is 0.386 e. The molecule has 1 fully saturated rings. The summed E-state index contributed by atoms with van der Waals surface area (Å²) in [7, 11) is 0. The summed E-state index contributed by atoms with van der Waals surface area (Å²) in [5.41, 5.74) is -0.973. The number of carbonyl (C=O) groups is 1. The average molecular weight is 213 g/mol. The Labute approximate surface area is 85.0 Å². The van der Waals surface area contributed by atoms with Crippen LogP contribution in [0, 0.1) is 0 Å². The van der Waals surface area contributed by atoms with Gasteiger partial charge in [-0.3, -0.25) is 4.79 Å². The zero-order valence-electron chi connectivity index (χ0n) is 7.93. The van der Waals surface area contributed by atoms with E-state index in [0.29, 0.717) is 13.0 Å². The van der Waals surface area contributed by atoms with E-state index in [4.69, 9.17) is 4.74 Å². The van der Waals surface area contributed by atoms with Crippen LogP contribution in [0.1, 0.15) is 17.0 Å². The molecule has 1 aromatic rings. The van der Waals surface area contributed by atoms with E-state index in [2.05, 4.69) is 25.9 Å². The molecular weight excluding hydrogens is 202 g/mol. The van der Waals surface area contributed by atoms with Crippen molar-refractivity contribution >= 4 is 5.91 Å². The summed E-state index contributed by atoms with van der Waals surface area (Å²) in [5, 5.41) is 24.8. The number of carbonyl (C=O) groups excluding carboxylic acids is 1. The maximum atomic E-state index is 11.4. The van der Waals surface area contributed by atoms with E-state index >= 15 is 0 Å². The Balaban J connectivity index is 1.85. The number of nitrogens with one attached hydrogen (secondary N) is 2. The number of rotatable bonds is 3. The van der Waals surface area contributed by atoms with E-state index in [1.165, 1.54) is 0 Å². The smallest absolute Gasteiger partial charge is 0.292 e. The molecule has 8 nitrogen and oxygen atoms in total. The lowest BCUT2D eigenvalue weighted by molar-refractivity contribution is 0.0263. The van der Waals surface area contributed by atoms with Crippen LogP contribution in [0.15, 0.2) is 0 Å². The minimum atomic E-state index is -0.973. The lowest BCUT2D eigenvalue weighted by Gasteiger charge is -2.19. The molecule has 0 bridgehead atoms. The third-order valence-corrected chi connectivity index (χ3v) is 2.21. The Hall–Kier alpha value is -1.54. The highest BCUT2D eigenvalue weighted by Gasteiger charge is 2.32. The topological polar surface area (TPSA) is 113 Å². The number of nitrogens with zero attached hydrogens (tertiary/aromatic N) is 3. The monoisotopic (exact) mass is 213 g/mol. The maximum Gasteiger partial charge on any atom is 0.292 e. The van der Waals surface area contributed by atoms with Crippen LogP contribution in [-0.4, -0.2) is 57.0 Å². The number of aliphatic hydroxyl groups is 1. The Bertz CT molecular complexity index is 332. The maximum absolute atomic E-state index is 11.4. The van der Waals surface area contributed by atoms with Crippen LogP contribution in [-0.2, 0) is 4.74 Å². The standard InChI is InChI=1S/C7H11N5O3/c13-6(5-9-11-12-10-5)8-3-7(14)1-2-15-4-7/h14H,1-4H2,(H,8,13)(H,9,10,11,12). The van der Waals surface area contributed by atoms with Gasteiger partial charge in [0.15, 0.2) is 0 Å². The summed E-state index contributed by atoms with van der Waals surface area (Å²) in [6.45, 7) is 0.870. The number of aromatic amines is 1. The first-order chi connectivity index (χ1) is 7.20. The Kier molecular flexibility index (Phi) is 2.60. The van der Waals surface area contributed by atoms with Crippen molar-refractivity contribution in [3.05, 3.63) is 5.82 Å². The molecule has 0 aliphatic carbocycles. The van der Waals surface area contributed by atoms with Gasteiger partial charge in [0, 0.05) is 19.6 Å². The van der Waals surface area contributed by atoms with Crippen LogP contribution in [0.2, 0.25) is 0 Å². The second-order valence-corrected chi connectivity index (χ2v) is 3.45. The lowest BCUT2D eigenvalue weighted by atomic mass is 10.0. The molecule has 1 aliphatic heterocycles. The molecule has 1 unspecified atom stereocenters. The van der Waals surface area contributed by atoms with E-state index in [-0.39, 0.29) is 19.0 Å². The number of ether oxygens (including phenoxy) is 1. The summed E-state index contributed by atoms with van der Waals surface area (Å²) in [4.78, 5) is 11.4. The van der Waals surface area contributed by atoms with Crippen LogP contribution in [0.5, 0.6) is 0 Å². The van der Waals surface area contributed by atoms with Crippen LogP contribution in [0.3, 0.4) is 0 Å². The predicted molar refractivity (Wildman–Crippen MR) is 46.9 cm³/mol. The van der Waals surface area contributed by atoms with Gasteiger partial charge in [-0.05, 0) is 5.21 Å². The number of hydrogen-bond donors (Lipinski definition) is 3. The first-order valence-electron chi connectivity index (χ1n) is 4.51. The fourth-order valence-electron chi connectivity index (χ4n) is 1.32. The van der Waals surface area contributed by atoms with Gasteiger partial charge in [0.2, 0.25) is 0 Å². The van der Waals surface area contributed by atoms with Gasteiger partial charge in [-0.1, -0.05) is 0 Å². The number of amides is 1. The Morgan fingerprint density at radius 2 is 2.60 bits per heavy atom. The summed E-state index contributed by atoms with van der Waals surface area (Å²) >= 11 is 0. The SMILES string of the molecule is O=C(NCC1(O)CCOC1)c1nn[nH]n1. The van der Waals surface area contributed by atoms with E-state index < -0.39 is 11.5 Å². The molecule has 0 aromatic carbocycles. The van der Waals surface area contributed by atoms with Gasteiger partial charge in [-0.2, -0.15) is 5.21 Å². The second-order valence-electron chi connectivity index (χ2n) is 3.45. The van der Waals surface area contributed by atoms with Gasteiger partial charge in [0.25, 0.3) is 11.7 Å². The highest BCUT2D eigenvalue weighted by atomic mass is 16.5. The van der Waals surface area contributed by atoms with Gasteiger partial charge in [-0.25, -0.2) is 0 Å². The number of hydrogen-bond acceptors (Lipinski definition) is 6. The quantitative estimate of drug-likeness (QED) is 0.539. The van der Waals surface area contributed by atoms with Crippen molar-refractivity contribution in [2.75, 3.05) is 19.8 Å². The summed E-state index contributed by atoms with van der Waals surface area (Å²) in [6, 6.07) is 0. The van der Waals surface area contributed by atoms with Crippen LogP contribution in [0.25, 0.3) is 0 Å². The molecule has 3 N–H and O–H groups in total. The number of H-pyrrole nitrogens is 1. The van der Waals surface area contributed by atoms with Gasteiger partial charge >= 0.3 is 0 Å². The zero-order valence-corrected chi connectivity index (χ0v) is 7.93. The van der Waals surface area contributed by atoms with Crippen LogP contribution in [0.4, 0.5) is 0 Å². The van der Waals surface area contributed by atoms with Crippen molar-refractivity contribution < 1.29 is 14.6 Å². The lowest BCUT2D eigenvalue weighted by Crippen LogP contribution is -2.43. The fraction of sp³-hybridized carbons (Fsp3) is 0.714. The summed E-state index contributed by atoms with van der Waals surface area (Å²) in [5.74, 6) is -0.512. The van der Waals surface area contributed by atoms with E-state index in [9.17, 15) is 9.90 Å². The molecule has 1 saturated heterocycles. The molecule has 2 heterocycles. The summed E-state index contributed by atoms with van der Waals surface area (Å²) in [6.07, 6.45) is 0.513. The van der Waals surface area contributed by atoms with Gasteiger partial charge < -0.3 is 15.2 Å². The first-order valence-corrected chi connectivity index (χ1v) is 4.51. The third-order valence-electron chi connectivity index (χ3n) is 2.21. The average Bonchev–Trinajstić information content (AvgIpc) is 2.85. The summed E-state index contributed by atoms with van der Waals surface area (Å²) < 4.78 is 5.03. The number of tetrazole rings is 1. The zero-order chi connectivity index (χ0) is 10.7. The third kappa shape index (κ3) is 2.28. The van der Waals surface area contributed by atoms with Crippen molar-refractivity contribution in [3.8, 4) is 0 Å². The molecule has 1 amide bonds. The van der Waals surface area contributed by atoms with E-state index in [0.717, 1.165) is 0 Å². The molecule has 15 heavy (non-hydrogen) atoms. The molecule has 1 aromatic heterocycles. The molecule has 82 valence electrons. The predicted octanol–water partition coefficient (Wildman–Crippen LogP) is -1.92. The van der Waals surface area contributed by atoms with Crippen LogP contribution < -0.4 is 5.32 Å². The van der Waals surface area contributed by atoms with Crippen molar-refractivity contribution in [1.82, 2.24) is 25.9 Å². The minimum Gasteiger partial charge on any atom is -0.386 e. The molecule has 0 saturated carbocycles. The molecule has 0 radical (unpaired) electrons. The second kappa shape index (κ2) is 3.91. The fourth-order valence-corrected chi connectivity index (χ4v) is 1.32. The van der Waals surface area contributed by atoms with Crippen molar-refractivity contribution in [3.63, 3.8) is 0 Å². The Morgan fingerprint density at radius 3 is 3.20 bits per heavy atom. The first kappa shape index (κ1) is 9.99. The Morgan fingerprint density at radius 1 is 1.73 bits per heavy atom. The molecule has 8 heteroatoms. The van der Waals surface area contributed by atoms with Crippen molar-refractivity contribution in [2.24, 2.45) is 0 Å². The highest BCUT2D eigenvalue weighted by Crippen LogP contribution is 2.16. The van der Waals surface area contributed by atoms with E-state index in [1.54, 1.807) is 0 Å². The highest BCUT2D eigenvalue weighted by molar-refractivity contribution is 5.90. The molecule has 0 spiro atoms.